The van der Waals surface area contributed by atoms with Crippen LogP contribution < -0.4 is 0 Å². The third-order valence-corrected chi connectivity index (χ3v) is 8.38. The zero-order valence-corrected chi connectivity index (χ0v) is 19.2. The zero-order valence-electron chi connectivity index (χ0n) is 18.4. The lowest BCUT2D eigenvalue weighted by Crippen LogP contribution is -2.49. The van der Waals surface area contributed by atoms with Gasteiger partial charge in [-0.1, -0.05) is 30.3 Å². The number of amides is 1. The number of sulfonamides is 1. The minimum absolute atomic E-state index is 0.00859. The van der Waals surface area contributed by atoms with Crippen molar-refractivity contribution in [1.29, 1.82) is 0 Å². The minimum atomic E-state index is -3.68. The third kappa shape index (κ3) is 4.66. The second-order valence-electron chi connectivity index (χ2n) is 8.56. The fourth-order valence-electron chi connectivity index (χ4n) is 4.69. The normalized spacial score (nSPS) is 20.9. The Hall–Kier alpha value is -2.45. The van der Waals surface area contributed by atoms with Gasteiger partial charge in [0.25, 0.3) is 0 Å². The summed E-state index contributed by atoms with van der Waals surface area (Å²) in [6.45, 7) is 3.79. The van der Waals surface area contributed by atoms with Crippen LogP contribution >= 0.6 is 0 Å². The fraction of sp³-hybridized carbons (Fsp3) is 0.500. The summed E-state index contributed by atoms with van der Waals surface area (Å²) in [5.41, 5.74) is 0. The van der Waals surface area contributed by atoms with Gasteiger partial charge in [0.15, 0.2) is 0 Å². The van der Waals surface area contributed by atoms with Gasteiger partial charge >= 0.3 is 5.97 Å². The molecule has 7 nitrogen and oxygen atoms in total. The lowest BCUT2D eigenvalue weighted by molar-refractivity contribution is -0.152. The molecule has 0 N–H and O–H groups in total. The Morgan fingerprint density at radius 2 is 1.69 bits per heavy atom. The maximum absolute atomic E-state index is 13.3. The van der Waals surface area contributed by atoms with Crippen molar-refractivity contribution >= 4 is 32.7 Å². The van der Waals surface area contributed by atoms with Crippen LogP contribution in [0.25, 0.3) is 10.8 Å². The lowest BCUT2D eigenvalue weighted by atomic mass is 9.93. The van der Waals surface area contributed by atoms with Crippen molar-refractivity contribution in [2.45, 2.75) is 37.5 Å². The van der Waals surface area contributed by atoms with Gasteiger partial charge in [-0.15, -0.1) is 0 Å². The van der Waals surface area contributed by atoms with E-state index in [-0.39, 0.29) is 35.2 Å². The number of piperidine rings is 2. The molecule has 2 saturated heterocycles. The van der Waals surface area contributed by atoms with Crippen LogP contribution in [-0.4, -0.2) is 62.3 Å². The Bertz CT molecular complexity index is 1090. The van der Waals surface area contributed by atoms with Gasteiger partial charge in [0.1, 0.15) is 0 Å². The number of likely N-dealkylation sites (tertiary alicyclic amines) is 1. The van der Waals surface area contributed by atoms with Gasteiger partial charge in [0.05, 0.1) is 23.3 Å². The zero-order chi connectivity index (χ0) is 22.7. The SMILES string of the molecule is CCOC(=O)C1CCN(C(=O)[C@@H]2CCCN(S(=O)(=O)c3ccc4ccccc4c3)C2)CC1. The lowest BCUT2D eigenvalue weighted by Gasteiger charge is -2.37. The minimum Gasteiger partial charge on any atom is -0.466 e. The van der Waals surface area contributed by atoms with E-state index in [4.69, 9.17) is 4.74 Å². The Morgan fingerprint density at radius 1 is 0.969 bits per heavy atom. The van der Waals surface area contributed by atoms with Crippen LogP contribution in [0.2, 0.25) is 0 Å². The van der Waals surface area contributed by atoms with E-state index in [1.54, 1.807) is 24.0 Å². The van der Waals surface area contributed by atoms with Crippen molar-refractivity contribution in [3.63, 3.8) is 0 Å². The summed E-state index contributed by atoms with van der Waals surface area (Å²) < 4.78 is 33.2. The molecule has 2 fully saturated rings. The van der Waals surface area contributed by atoms with Crippen molar-refractivity contribution in [3.8, 4) is 0 Å². The molecule has 2 aliphatic rings. The van der Waals surface area contributed by atoms with Gasteiger partial charge in [-0.2, -0.15) is 4.31 Å². The second-order valence-corrected chi connectivity index (χ2v) is 10.5. The monoisotopic (exact) mass is 458 g/mol. The van der Waals surface area contributed by atoms with Crippen molar-refractivity contribution in [2.24, 2.45) is 11.8 Å². The second kappa shape index (κ2) is 9.58. The molecule has 2 aromatic rings. The predicted octanol–water partition coefficient (Wildman–Crippen LogP) is 3.04. The van der Waals surface area contributed by atoms with E-state index in [1.165, 1.54) is 4.31 Å². The number of ether oxygens (including phenoxy) is 1. The van der Waals surface area contributed by atoms with Crippen LogP contribution in [-0.2, 0) is 24.3 Å². The number of nitrogens with zero attached hydrogens (tertiary/aromatic N) is 2. The van der Waals surface area contributed by atoms with E-state index < -0.39 is 10.0 Å². The smallest absolute Gasteiger partial charge is 0.309 e. The van der Waals surface area contributed by atoms with E-state index in [9.17, 15) is 18.0 Å². The molecule has 2 heterocycles. The first-order valence-electron chi connectivity index (χ1n) is 11.3. The number of hydrogen-bond donors (Lipinski definition) is 0. The Morgan fingerprint density at radius 3 is 2.41 bits per heavy atom. The molecule has 0 aromatic heterocycles. The summed E-state index contributed by atoms with van der Waals surface area (Å²) in [4.78, 5) is 27.1. The van der Waals surface area contributed by atoms with Gasteiger partial charge < -0.3 is 9.64 Å². The maximum Gasteiger partial charge on any atom is 0.309 e. The fourth-order valence-corrected chi connectivity index (χ4v) is 6.25. The molecular weight excluding hydrogens is 428 g/mol. The first kappa shape index (κ1) is 22.7. The molecule has 0 saturated carbocycles. The number of carbonyl (C=O) groups is 2. The number of esters is 1. The van der Waals surface area contributed by atoms with Gasteiger partial charge in [-0.3, -0.25) is 9.59 Å². The van der Waals surface area contributed by atoms with Gasteiger partial charge in [0, 0.05) is 26.2 Å². The molecule has 4 rings (SSSR count). The van der Waals surface area contributed by atoms with Crippen LogP contribution in [0.5, 0.6) is 0 Å². The van der Waals surface area contributed by atoms with E-state index in [1.807, 2.05) is 30.3 Å². The molecule has 8 heteroatoms. The van der Waals surface area contributed by atoms with Gasteiger partial charge in [-0.05, 0) is 55.5 Å². The molecule has 32 heavy (non-hydrogen) atoms. The van der Waals surface area contributed by atoms with Crippen LogP contribution in [0.3, 0.4) is 0 Å². The first-order chi connectivity index (χ1) is 15.4. The highest BCUT2D eigenvalue weighted by atomic mass is 32.2. The summed E-state index contributed by atoms with van der Waals surface area (Å²) in [6.07, 6.45) is 2.52. The summed E-state index contributed by atoms with van der Waals surface area (Å²) in [6, 6.07) is 12.8. The number of rotatable bonds is 5. The largest absolute Gasteiger partial charge is 0.466 e. The molecule has 1 atom stereocenters. The van der Waals surface area contributed by atoms with E-state index in [0.29, 0.717) is 51.9 Å². The Balaban J connectivity index is 1.42. The molecular formula is C24H30N2O5S. The van der Waals surface area contributed by atoms with Crippen molar-refractivity contribution in [1.82, 2.24) is 9.21 Å². The van der Waals surface area contributed by atoms with Crippen molar-refractivity contribution < 1.29 is 22.7 Å². The van der Waals surface area contributed by atoms with E-state index in [2.05, 4.69) is 0 Å². The third-order valence-electron chi connectivity index (χ3n) is 6.52. The molecule has 0 radical (unpaired) electrons. The van der Waals surface area contributed by atoms with E-state index >= 15 is 0 Å². The molecule has 172 valence electrons. The van der Waals surface area contributed by atoms with Crippen LogP contribution in [0.4, 0.5) is 0 Å². The Kier molecular flexibility index (Phi) is 6.81. The highest BCUT2D eigenvalue weighted by Gasteiger charge is 2.37. The summed E-state index contributed by atoms with van der Waals surface area (Å²) in [5.74, 6) is -0.705. The summed E-state index contributed by atoms with van der Waals surface area (Å²) >= 11 is 0. The standard InChI is InChI=1S/C24H30N2O5S/c1-2-31-24(28)19-11-14-25(15-12-19)23(27)21-8-5-13-26(17-21)32(29,30)22-10-9-18-6-3-4-7-20(18)16-22/h3-4,6-7,9-10,16,19,21H,2,5,8,11-15,17H2,1H3/t21-/m1/s1. The van der Waals surface area contributed by atoms with Gasteiger partial charge in [-0.25, -0.2) is 8.42 Å². The number of carbonyl (C=O) groups excluding carboxylic acids is 2. The van der Waals surface area contributed by atoms with Crippen molar-refractivity contribution in [3.05, 3.63) is 42.5 Å². The quantitative estimate of drug-likeness (QED) is 0.643. The van der Waals surface area contributed by atoms with Crippen LogP contribution in [0.15, 0.2) is 47.4 Å². The molecule has 0 bridgehead atoms. The highest BCUT2D eigenvalue weighted by Crippen LogP contribution is 2.28. The maximum atomic E-state index is 13.3. The van der Waals surface area contributed by atoms with Crippen LogP contribution in [0, 0.1) is 11.8 Å². The molecule has 2 aromatic carbocycles. The molecule has 0 spiro atoms. The van der Waals surface area contributed by atoms with Crippen molar-refractivity contribution in [2.75, 3.05) is 32.8 Å². The first-order valence-corrected chi connectivity index (χ1v) is 12.8. The predicted molar refractivity (Wildman–Crippen MR) is 121 cm³/mol. The number of benzene rings is 2. The Labute approximate surface area is 189 Å². The highest BCUT2D eigenvalue weighted by molar-refractivity contribution is 7.89. The molecule has 0 aliphatic carbocycles. The average Bonchev–Trinajstić information content (AvgIpc) is 2.83. The van der Waals surface area contributed by atoms with Crippen LogP contribution in [0.1, 0.15) is 32.6 Å². The number of fused-ring (bicyclic) bond motifs is 1. The topological polar surface area (TPSA) is 84.0 Å². The molecule has 1 amide bonds. The molecule has 0 unspecified atom stereocenters. The average molecular weight is 459 g/mol. The number of hydrogen-bond acceptors (Lipinski definition) is 5. The van der Waals surface area contributed by atoms with Gasteiger partial charge in [0.2, 0.25) is 15.9 Å². The van der Waals surface area contributed by atoms with E-state index in [0.717, 1.165) is 10.8 Å². The summed E-state index contributed by atoms with van der Waals surface area (Å²) in [5, 5.41) is 1.87. The summed E-state index contributed by atoms with van der Waals surface area (Å²) in [7, 11) is -3.68. The molecule has 2 aliphatic heterocycles.